The molecular weight excluding hydrogens is 186 g/mol. The molecule has 82 valence electrons. The average molecular weight is 203 g/mol. The van der Waals surface area contributed by atoms with Gasteiger partial charge in [-0.1, -0.05) is 0 Å². The van der Waals surface area contributed by atoms with Gasteiger partial charge in [-0.25, -0.2) is 0 Å². The van der Waals surface area contributed by atoms with Crippen molar-refractivity contribution < 1.29 is 19.4 Å². The fourth-order valence-electron chi connectivity index (χ4n) is 0.978. The van der Waals surface area contributed by atoms with E-state index in [0.29, 0.717) is 6.47 Å². The van der Waals surface area contributed by atoms with Crippen molar-refractivity contribution >= 4 is 12.3 Å². The molecule has 0 fully saturated rings. The Labute approximate surface area is 83.2 Å². The molecule has 0 aliphatic heterocycles. The van der Waals surface area contributed by atoms with Crippen LogP contribution in [0.2, 0.25) is 0 Å². The summed E-state index contributed by atoms with van der Waals surface area (Å²) in [4.78, 5) is 21.5. The molecule has 0 bridgehead atoms. The molecular formula is C9H17NO4. The van der Waals surface area contributed by atoms with Crippen molar-refractivity contribution in [2.75, 3.05) is 0 Å². The van der Waals surface area contributed by atoms with Crippen LogP contribution in [0.1, 0.15) is 27.2 Å². The average Bonchev–Trinajstić information content (AvgIpc) is 2.01. The molecule has 0 aromatic heterocycles. The normalized spacial score (nSPS) is 15.8. The molecule has 0 aliphatic carbocycles. The van der Waals surface area contributed by atoms with Crippen LogP contribution in [0.4, 0.5) is 0 Å². The minimum absolute atomic E-state index is 0.00218. The van der Waals surface area contributed by atoms with E-state index >= 15 is 0 Å². The van der Waals surface area contributed by atoms with E-state index in [9.17, 15) is 9.59 Å². The van der Waals surface area contributed by atoms with Crippen LogP contribution < -0.4 is 5.73 Å². The van der Waals surface area contributed by atoms with Crippen molar-refractivity contribution in [1.82, 2.24) is 0 Å². The zero-order valence-electron chi connectivity index (χ0n) is 8.69. The molecule has 0 radical (unpaired) electrons. The molecule has 0 saturated heterocycles. The largest absolute Gasteiger partial charge is 0.461 e. The molecule has 0 rings (SSSR count). The maximum atomic E-state index is 11.4. The summed E-state index contributed by atoms with van der Waals surface area (Å²) >= 11 is 0. The number of nitrogens with two attached hydrogens (primary N) is 1. The van der Waals surface area contributed by atoms with Gasteiger partial charge in [-0.15, -0.1) is 0 Å². The number of carbonyl (C=O) groups excluding carboxylic acids is 2. The molecule has 2 unspecified atom stereocenters. The molecule has 5 heteroatoms. The van der Waals surface area contributed by atoms with Crippen molar-refractivity contribution in [3.05, 3.63) is 0 Å². The second kappa shape index (κ2) is 5.07. The number of ether oxygens (including phenoxy) is 1. The van der Waals surface area contributed by atoms with Crippen molar-refractivity contribution in [2.24, 2.45) is 5.73 Å². The number of hydrogen-bond donors (Lipinski definition) is 2. The Morgan fingerprint density at radius 2 is 2.14 bits per heavy atom. The molecule has 0 aromatic carbocycles. The highest BCUT2D eigenvalue weighted by Gasteiger charge is 2.28. The number of aliphatic hydroxyl groups excluding tert-OH is 1. The molecule has 3 N–H and O–H groups in total. The van der Waals surface area contributed by atoms with Gasteiger partial charge in [0.25, 0.3) is 6.47 Å². The van der Waals surface area contributed by atoms with E-state index < -0.39 is 17.7 Å². The summed E-state index contributed by atoms with van der Waals surface area (Å²) in [5.74, 6) is -0.327. The van der Waals surface area contributed by atoms with Crippen LogP contribution >= 0.6 is 0 Å². The number of aliphatic hydroxyl groups is 1. The van der Waals surface area contributed by atoms with Crippen molar-refractivity contribution in [3.8, 4) is 0 Å². The molecule has 0 spiro atoms. The van der Waals surface area contributed by atoms with Gasteiger partial charge in [-0.05, 0) is 20.8 Å². The summed E-state index contributed by atoms with van der Waals surface area (Å²) in [6.07, 6.45) is -0.896. The molecule has 0 aliphatic rings. The first kappa shape index (κ1) is 13.1. The van der Waals surface area contributed by atoms with Gasteiger partial charge in [0.15, 0.2) is 5.78 Å². The lowest BCUT2D eigenvalue weighted by molar-refractivity contribution is -0.143. The van der Waals surface area contributed by atoms with E-state index in [1.807, 2.05) is 0 Å². The highest BCUT2D eigenvalue weighted by Crippen LogP contribution is 2.14. The Balaban J connectivity index is 4.24. The summed E-state index contributed by atoms with van der Waals surface area (Å²) in [5, 5.41) is 9.06. The SMILES string of the molecule is CC(O)C(N)C(=O)CC(C)(C)OC=O. The molecule has 0 amide bonds. The van der Waals surface area contributed by atoms with Crippen LogP contribution in [0.15, 0.2) is 0 Å². The molecule has 14 heavy (non-hydrogen) atoms. The molecule has 0 saturated carbocycles. The first-order valence-electron chi connectivity index (χ1n) is 4.38. The van der Waals surface area contributed by atoms with Gasteiger partial charge >= 0.3 is 0 Å². The topological polar surface area (TPSA) is 89.6 Å². The third-order valence-electron chi connectivity index (χ3n) is 1.86. The fourth-order valence-corrected chi connectivity index (χ4v) is 0.978. The monoisotopic (exact) mass is 203 g/mol. The Morgan fingerprint density at radius 3 is 2.50 bits per heavy atom. The lowest BCUT2D eigenvalue weighted by Gasteiger charge is -2.24. The standard InChI is InChI=1S/C9H17NO4/c1-6(12)8(10)7(13)4-9(2,3)14-5-11/h5-6,8,12H,4,10H2,1-3H3. The fraction of sp³-hybridized carbons (Fsp3) is 0.778. The highest BCUT2D eigenvalue weighted by molar-refractivity contribution is 5.85. The van der Waals surface area contributed by atoms with Crippen LogP contribution in [-0.4, -0.2) is 35.1 Å². The van der Waals surface area contributed by atoms with Crippen molar-refractivity contribution in [2.45, 2.75) is 44.9 Å². The second-order valence-electron chi connectivity index (χ2n) is 3.88. The minimum Gasteiger partial charge on any atom is -0.461 e. The van der Waals surface area contributed by atoms with Crippen LogP contribution in [0.25, 0.3) is 0 Å². The van der Waals surface area contributed by atoms with E-state index in [4.69, 9.17) is 15.6 Å². The molecule has 0 aromatic rings. The summed E-state index contributed by atoms with van der Waals surface area (Å²) in [6.45, 7) is 4.94. The first-order chi connectivity index (χ1) is 6.30. The molecule has 0 heterocycles. The van der Waals surface area contributed by atoms with Gasteiger partial charge in [-0.2, -0.15) is 0 Å². The number of ketones is 1. The van der Waals surface area contributed by atoms with Gasteiger partial charge in [-0.3, -0.25) is 9.59 Å². The van der Waals surface area contributed by atoms with Gasteiger partial charge in [0.2, 0.25) is 0 Å². The number of Topliss-reactive ketones (excluding diaryl/α,β-unsaturated/α-hetero) is 1. The van der Waals surface area contributed by atoms with Gasteiger partial charge < -0.3 is 15.6 Å². The smallest absolute Gasteiger partial charge is 0.293 e. The quantitative estimate of drug-likeness (QED) is 0.573. The van der Waals surface area contributed by atoms with E-state index in [0.717, 1.165) is 0 Å². The van der Waals surface area contributed by atoms with Gasteiger partial charge in [0, 0.05) is 6.42 Å². The van der Waals surface area contributed by atoms with Crippen molar-refractivity contribution in [3.63, 3.8) is 0 Å². The lowest BCUT2D eigenvalue weighted by Crippen LogP contribution is -2.43. The van der Waals surface area contributed by atoms with E-state index in [2.05, 4.69) is 0 Å². The summed E-state index contributed by atoms with van der Waals surface area (Å²) in [5.41, 5.74) is 4.55. The number of carbonyl (C=O) groups is 2. The van der Waals surface area contributed by atoms with Crippen LogP contribution in [-0.2, 0) is 14.3 Å². The summed E-state index contributed by atoms with van der Waals surface area (Å²) in [7, 11) is 0. The Hall–Kier alpha value is -0.940. The second-order valence-corrected chi connectivity index (χ2v) is 3.88. The van der Waals surface area contributed by atoms with E-state index in [1.54, 1.807) is 13.8 Å². The van der Waals surface area contributed by atoms with Crippen molar-refractivity contribution in [1.29, 1.82) is 0 Å². The summed E-state index contributed by atoms with van der Waals surface area (Å²) in [6, 6.07) is -0.926. The summed E-state index contributed by atoms with van der Waals surface area (Å²) < 4.78 is 4.69. The van der Waals surface area contributed by atoms with Gasteiger partial charge in [0.1, 0.15) is 5.60 Å². The molecule has 5 nitrogen and oxygen atoms in total. The zero-order valence-corrected chi connectivity index (χ0v) is 8.69. The van der Waals surface area contributed by atoms with E-state index in [-0.39, 0.29) is 12.2 Å². The first-order valence-corrected chi connectivity index (χ1v) is 4.38. The predicted molar refractivity (Wildman–Crippen MR) is 50.5 cm³/mol. The Bertz CT molecular complexity index is 213. The minimum atomic E-state index is -0.926. The van der Waals surface area contributed by atoms with Crippen LogP contribution in [0.3, 0.4) is 0 Å². The van der Waals surface area contributed by atoms with Crippen LogP contribution in [0.5, 0.6) is 0 Å². The number of hydrogen-bond acceptors (Lipinski definition) is 5. The van der Waals surface area contributed by atoms with Gasteiger partial charge in [0.05, 0.1) is 12.1 Å². The highest BCUT2D eigenvalue weighted by atomic mass is 16.5. The Morgan fingerprint density at radius 1 is 1.64 bits per heavy atom. The lowest BCUT2D eigenvalue weighted by atomic mass is 9.96. The Kier molecular flexibility index (Phi) is 4.73. The number of rotatable bonds is 6. The maximum absolute atomic E-state index is 11.4. The van der Waals surface area contributed by atoms with Crippen LogP contribution in [0, 0.1) is 0 Å². The predicted octanol–water partition coefficient (Wildman–Crippen LogP) is -0.395. The maximum Gasteiger partial charge on any atom is 0.293 e. The zero-order chi connectivity index (χ0) is 11.4. The third kappa shape index (κ3) is 4.34. The molecule has 2 atom stereocenters. The van der Waals surface area contributed by atoms with E-state index in [1.165, 1.54) is 6.92 Å². The third-order valence-corrected chi connectivity index (χ3v) is 1.86.